The van der Waals surface area contributed by atoms with Gasteiger partial charge in [-0.3, -0.25) is 14.6 Å². The molecule has 6 N–H and O–H groups in total. The molecule has 1 aromatic rings. The number of amides is 3. The standard InChI is InChI=1S/C21H30N6O5/c22-20(23)24-10-4-8-16(13-28)26-19(30)17-9-5-11-27(17)18(29)12-25-21(31)32-14-15-6-2-1-3-7-15/h1-3,6-7,13,16-17H,4-5,8-12,14H2,(H,25,31)(H,26,30)(H4,22,23,24)/t16-,17-/m0/s1. The number of alkyl carbamates (subject to hydrolysis) is 1. The molecular formula is C21H30N6O5. The predicted molar refractivity (Wildman–Crippen MR) is 117 cm³/mol. The second-order valence-corrected chi connectivity index (χ2v) is 7.36. The zero-order chi connectivity index (χ0) is 23.3. The van der Waals surface area contributed by atoms with Crippen molar-refractivity contribution in [3.63, 3.8) is 0 Å². The molecule has 0 aromatic heterocycles. The second kappa shape index (κ2) is 12.9. The number of aldehydes is 1. The summed E-state index contributed by atoms with van der Waals surface area (Å²) < 4.78 is 5.08. The fourth-order valence-corrected chi connectivity index (χ4v) is 3.33. The van der Waals surface area contributed by atoms with Crippen LogP contribution in [0.25, 0.3) is 0 Å². The van der Waals surface area contributed by atoms with Gasteiger partial charge in [0.05, 0.1) is 6.04 Å². The molecule has 2 atom stereocenters. The molecule has 3 amide bonds. The minimum absolute atomic E-state index is 0.0330. The van der Waals surface area contributed by atoms with Gasteiger partial charge in [-0.05, 0) is 31.2 Å². The molecule has 0 saturated carbocycles. The molecule has 1 fully saturated rings. The molecule has 32 heavy (non-hydrogen) atoms. The molecule has 1 heterocycles. The fourth-order valence-electron chi connectivity index (χ4n) is 3.33. The Morgan fingerprint density at radius 2 is 2.00 bits per heavy atom. The highest BCUT2D eigenvalue weighted by Gasteiger charge is 2.34. The molecule has 11 nitrogen and oxygen atoms in total. The fraction of sp³-hybridized carbons (Fsp3) is 0.476. The van der Waals surface area contributed by atoms with Crippen molar-refractivity contribution in [2.45, 2.75) is 44.4 Å². The van der Waals surface area contributed by atoms with E-state index in [4.69, 9.17) is 16.2 Å². The van der Waals surface area contributed by atoms with Crippen LogP contribution in [0, 0.1) is 0 Å². The summed E-state index contributed by atoms with van der Waals surface area (Å²) in [5.41, 5.74) is 11.3. The number of nitrogens with one attached hydrogen (secondary N) is 2. The van der Waals surface area contributed by atoms with E-state index < -0.39 is 30.0 Å². The van der Waals surface area contributed by atoms with Crippen LogP contribution in [0.5, 0.6) is 0 Å². The quantitative estimate of drug-likeness (QED) is 0.156. The highest BCUT2D eigenvalue weighted by Crippen LogP contribution is 2.17. The van der Waals surface area contributed by atoms with E-state index in [9.17, 15) is 19.2 Å². The van der Waals surface area contributed by atoms with Gasteiger partial charge in [-0.25, -0.2) is 4.79 Å². The molecule has 0 unspecified atom stereocenters. The molecule has 1 aliphatic heterocycles. The van der Waals surface area contributed by atoms with E-state index in [1.54, 1.807) is 0 Å². The number of guanidine groups is 1. The lowest BCUT2D eigenvalue weighted by Gasteiger charge is -2.25. The van der Waals surface area contributed by atoms with Gasteiger partial charge < -0.3 is 36.5 Å². The van der Waals surface area contributed by atoms with Crippen molar-refractivity contribution in [1.82, 2.24) is 15.5 Å². The molecule has 1 aliphatic rings. The van der Waals surface area contributed by atoms with Crippen LogP contribution < -0.4 is 22.1 Å². The lowest BCUT2D eigenvalue weighted by Crippen LogP contribution is -2.51. The maximum atomic E-state index is 12.6. The predicted octanol–water partition coefficient (Wildman–Crippen LogP) is -0.359. The molecule has 0 bridgehead atoms. The third-order valence-corrected chi connectivity index (χ3v) is 4.93. The zero-order valence-electron chi connectivity index (χ0n) is 17.9. The summed E-state index contributed by atoms with van der Waals surface area (Å²) >= 11 is 0. The monoisotopic (exact) mass is 446 g/mol. The summed E-state index contributed by atoms with van der Waals surface area (Å²) in [6.07, 6.45) is 1.96. The number of rotatable bonds is 11. The van der Waals surface area contributed by atoms with Crippen LogP contribution in [0.4, 0.5) is 4.79 Å². The second-order valence-electron chi connectivity index (χ2n) is 7.36. The summed E-state index contributed by atoms with van der Waals surface area (Å²) in [7, 11) is 0. The summed E-state index contributed by atoms with van der Waals surface area (Å²) in [5, 5.41) is 5.07. The maximum absolute atomic E-state index is 12.6. The number of nitrogens with zero attached hydrogens (tertiary/aromatic N) is 2. The van der Waals surface area contributed by atoms with Gasteiger partial charge in [0.25, 0.3) is 0 Å². The van der Waals surface area contributed by atoms with Gasteiger partial charge in [0, 0.05) is 13.1 Å². The maximum Gasteiger partial charge on any atom is 0.407 e. The first-order valence-electron chi connectivity index (χ1n) is 10.5. The highest BCUT2D eigenvalue weighted by molar-refractivity contribution is 5.91. The largest absolute Gasteiger partial charge is 0.445 e. The average molecular weight is 447 g/mol. The van der Waals surface area contributed by atoms with Crippen molar-refractivity contribution >= 4 is 30.2 Å². The van der Waals surface area contributed by atoms with E-state index >= 15 is 0 Å². The number of likely N-dealkylation sites (tertiary alicyclic amines) is 1. The molecule has 0 radical (unpaired) electrons. The molecule has 0 aliphatic carbocycles. The SMILES string of the molecule is NC(N)=NCCC[C@@H](C=O)NC(=O)[C@@H]1CCCN1C(=O)CNC(=O)OCc1ccccc1. The average Bonchev–Trinajstić information content (AvgIpc) is 3.28. The first kappa shape index (κ1) is 24.6. The lowest BCUT2D eigenvalue weighted by molar-refractivity contribution is -0.138. The van der Waals surface area contributed by atoms with E-state index in [-0.39, 0.29) is 19.1 Å². The van der Waals surface area contributed by atoms with Gasteiger partial charge in [0.2, 0.25) is 11.8 Å². The van der Waals surface area contributed by atoms with Crippen LogP contribution in [0.15, 0.2) is 35.3 Å². The number of hydrogen-bond donors (Lipinski definition) is 4. The normalized spacial score (nSPS) is 16.0. The molecule has 1 saturated heterocycles. The first-order chi connectivity index (χ1) is 15.4. The van der Waals surface area contributed by atoms with Crippen LogP contribution in [0.1, 0.15) is 31.2 Å². The summed E-state index contributed by atoms with van der Waals surface area (Å²) in [6.45, 7) is 0.551. The minimum atomic E-state index is -0.718. The zero-order valence-corrected chi connectivity index (χ0v) is 17.9. The van der Waals surface area contributed by atoms with Crippen molar-refractivity contribution < 1.29 is 23.9 Å². The Morgan fingerprint density at radius 1 is 1.25 bits per heavy atom. The molecule has 2 rings (SSSR count). The summed E-state index contributed by atoms with van der Waals surface area (Å²) in [6, 6.07) is 7.77. The Kier molecular flexibility index (Phi) is 9.95. The van der Waals surface area contributed by atoms with E-state index in [1.807, 2.05) is 30.3 Å². The van der Waals surface area contributed by atoms with Gasteiger partial charge in [-0.1, -0.05) is 30.3 Å². The van der Waals surface area contributed by atoms with Crippen LogP contribution in [-0.4, -0.2) is 66.8 Å². The van der Waals surface area contributed by atoms with Crippen molar-refractivity contribution in [1.29, 1.82) is 0 Å². The van der Waals surface area contributed by atoms with Gasteiger partial charge in [-0.15, -0.1) is 0 Å². The molecule has 11 heteroatoms. The molecular weight excluding hydrogens is 416 g/mol. The van der Waals surface area contributed by atoms with Crippen LogP contribution >= 0.6 is 0 Å². The van der Waals surface area contributed by atoms with Crippen molar-refractivity contribution in [3.8, 4) is 0 Å². The molecule has 1 aromatic carbocycles. The van der Waals surface area contributed by atoms with E-state index in [2.05, 4.69) is 15.6 Å². The molecule has 174 valence electrons. The van der Waals surface area contributed by atoms with Crippen molar-refractivity contribution in [2.24, 2.45) is 16.5 Å². The number of aliphatic imine (C=N–C) groups is 1. The molecule has 0 spiro atoms. The van der Waals surface area contributed by atoms with Gasteiger partial charge in [0.1, 0.15) is 25.5 Å². The highest BCUT2D eigenvalue weighted by atomic mass is 16.5. The third kappa shape index (κ3) is 8.25. The van der Waals surface area contributed by atoms with Crippen molar-refractivity contribution in [2.75, 3.05) is 19.6 Å². The Hall–Kier alpha value is -3.63. The Labute approximate surface area is 186 Å². The number of benzene rings is 1. The topological polar surface area (TPSA) is 169 Å². The number of ether oxygens (including phenoxy) is 1. The van der Waals surface area contributed by atoms with Crippen LogP contribution in [0.2, 0.25) is 0 Å². The van der Waals surface area contributed by atoms with Gasteiger partial charge >= 0.3 is 6.09 Å². The summed E-state index contributed by atoms with van der Waals surface area (Å²) in [4.78, 5) is 53.6. The van der Waals surface area contributed by atoms with E-state index in [1.165, 1.54) is 4.90 Å². The van der Waals surface area contributed by atoms with Crippen LogP contribution in [0.3, 0.4) is 0 Å². The smallest absolute Gasteiger partial charge is 0.407 e. The summed E-state index contributed by atoms with van der Waals surface area (Å²) in [5.74, 6) is -0.828. The van der Waals surface area contributed by atoms with Gasteiger partial charge in [-0.2, -0.15) is 0 Å². The number of nitrogens with two attached hydrogens (primary N) is 2. The first-order valence-corrected chi connectivity index (χ1v) is 10.5. The third-order valence-electron chi connectivity index (χ3n) is 4.93. The lowest BCUT2D eigenvalue weighted by atomic mass is 10.1. The van der Waals surface area contributed by atoms with Crippen LogP contribution in [-0.2, 0) is 25.7 Å². The Bertz CT molecular complexity index is 812. The Morgan fingerprint density at radius 3 is 2.69 bits per heavy atom. The van der Waals surface area contributed by atoms with Gasteiger partial charge in [0.15, 0.2) is 5.96 Å². The van der Waals surface area contributed by atoms with Crippen molar-refractivity contribution in [3.05, 3.63) is 35.9 Å². The van der Waals surface area contributed by atoms with E-state index in [0.717, 1.165) is 5.56 Å². The van der Waals surface area contributed by atoms with E-state index in [0.29, 0.717) is 45.1 Å². The number of hydrogen-bond acceptors (Lipinski definition) is 6. The Balaban J connectivity index is 1.77. The number of carbonyl (C=O) groups is 4. The minimum Gasteiger partial charge on any atom is -0.445 e. The number of carbonyl (C=O) groups excluding carboxylic acids is 4.